The molecule has 4 rings (SSSR count). The van der Waals surface area contributed by atoms with Gasteiger partial charge in [0.25, 0.3) is 0 Å². The Morgan fingerprint density at radius 1 is 1.08 bits per heavy atom. The van der Waals surface area contributed by atoms with Crippen molar-refractivity contribution >= 4 is 33.0 Å². The minimum atomic E-state index is -3.71. The zero-order valence-electron chi connectivity index (χ0n) is 20.9. The summed E-state index contributed by atoms with van der Waals surface area (Å²) in [5.74, 6) is 1.85. The van der Waals surface area contributed by atoms with Gasteiger partial charge in [0.2, 0.25) is 10.0 Å². The molecular formula is C27H33ClN2O4S2. The molecular weight excluding hydrogens is 516 g/mol. The SMILES string of the molecule is COc1cc(CN(C2CCC(C)CC2)S(=O)(=O)c2ccc(Cl)cc2)ccc1OCCc1scnc1C. The topological polar surface area (TPSA) is 68.7 Å². The normalized spacial score (nSPS) is 18.4. The Labute approximate surface area is 223 Å². The summed E-state index contributed by atoms with van der Waals surface area (Å²) in [5.41, 5.74) is 3.73. The fourth-order valence-electron chi connectivity index (χ4n) is 4.61. The molecule has 1 aliphatic rings. The van der Waals surface area contributed by atoms with Crippen molar-refractivity contribution < 1.29 is 17.9 Å². The van der Waals surface area contributed by atoms with Gasteiger partial charge in [-0.05, 0) is 80.5 Å². The Balaban J connectivity index is 1.54. The number of aryl methyl sites for hydroxylation is 1. The van der Waals surface area contributed by atoms with E-state index in [9.17, 15) is 8.42 Å². The third-order valence-corrected chi connectivity index (χ3v) is 9.97. The van der Waals surface area contributed by atoms with Gasteiger partial charge in [0, 0.05) is 28.9 Å². The minimum Gasteiger partial charge on any atom is -0.493 e. The largest absolute Gasteiger partial charge is 0.493 e. The number of hydrogen-bond donors (Lipinski definition) is 0. The van der Waals surface area contributed by atoms with Crippen molar-refractivity contribution in [2.45, 2.75) is 63.4 Å². The zero-order chi connectivity index (χ0) is 25.7. The Morgan fingerprint density at radius 3 is 2.44 bits per heavy atom. The summed E-state index contributed by atoms with van der Waals surface area (Å²) >= 11 is 7.65. The molecule has 1 aliphatic carbocycles. The first-order valence-electron chi connectivity index (χ1n) is 12.2. The van der Waals surface area contributed by atoms with Crippen molar-refractivity contribution in [3.63, 3.8) is 0 Å². The van der Waals surface area contributed by atoms with Crippen molar-refractivity contribution in [1.29, 1.82) is 0 Å². The molecule has 0 unspecified atom stereocenters. The van der Waals surface area contributed by atoms with Crippen LogP contribution in [-0.2, 0) is 23.0 Å². The van der Waals surface area contributed by atoms with Gasteiger partial charge in [-0.2, -0.15) is 4.31 Å². The van der Waals surface area contributed by atoms with Gasteiger partial charge < -0.3 is 9.47 Å². The molecule has 1 aromatic heterocycles. The van der Waals surface area contributed by atoms with Crippen LogP contribution in [-0.4, -0.2) is 37.5 Å². The summed E-state index contributed by atoms with van der Waals surface area (Å²) in [7, 11) is -2.11. The average Bonchev–Trinajstić information content (AvgIpc) is 3.28. The van der Waals surface area contributed by atoms with E-state index in [1.54, 1.807) is 47.0 Å². The fourth-order valence-corrected chi connectivity index (χ4v) is 7.17. The molecule has 0 amide bonds. The summed E-state index contributed by atoms with van der Waals surface area (Å²) in [6.45, 7) is 5.00. The van der Waals surface area contributed by atoms with Gasteiger partial charge in [-0.15, -0.1) is 11.3 Å². The molecule has 0 bridgehead atoms. The van der Waals surface area contributed by atoms with E-state index >= 15 is 0 Å². The van der Waals surface area contributed by atoms with Crippen LogP contribution in [0.4, 0.5) is 0 Å². The second-order valence-electron chi connectivity index (χ2n) is 9.36. The van der Waals surface area contributed by atoms with Crippen molar-refractivity contribution in [1.82, 2.24) is 9.29 Å². The maximum Gasteiger partial charge on any atom is 0.243 e. The molecule has 1 heterocycles. The van der Waals surface area contributed by atoms with Crippen LogP contribution < -0.4 is 9.47 Å². The second-order valence-corrected chi connectivity index (χ2v) is 12.6. The number of rotatable bonds is 10. The average molecular weight is 549 g/mol. The first-order chi connectivity index (χ1) is 17.3. The smallest absolute Gasteiger partial charge is 0.243 e. The quantitative estimate of drug-likeness (QED) is 0.289. The molecule has 6 nitrogen and oxygen atoms in total. The van der Waals surface area contributed by atoms with Crippen LogP contribution >= 0.6 is 22.9 Å². The fraction of sp³-hybridized carbons (Fsp3) is 0.444. The van der Waals surface area contributed by atoms with Crippen molar-refractivity contribution in [3.8, 4) is 11.5 Å². The first kappa shape index (κ1) is 26.9. The highest BCUT2D eigenvalue weighted by Crippen LogP contribution is 2.34. The van der Waals surface area contributed by atoms with Gasteiger partial charge in [0.05, 0.1) is 29.8 Å². The van der Waals surface area contributed by atoms with Crippen LogP contribution in [0.3, 0.4) is 0 Å². The standard InChI is InChI=1S/C27H33ClN2O4S2/c1-19-4-9-23(10-5-19)30(36(31,32)24-11-7-22(28)8-12-24)17-21-6-13-25(26(16-21)33-3)34-15-14-27-20(2)29-18-35-27/h6-8,11-13,16,18-19,23H,4-5,9-10,14-15,17H2,1-3H3. The lowest BCUT2D eigenvalue weighted by Gasteiger charge is -2.35. The predicted octanol–water partition coefficient (Wildman–Crippen LogP) is 6.50. The summed E-state index contributed by atoms with van der Waals surface area (Å²) in [6, 6.07) is 12.0. The first-order valence-corrected chi connectivity index (χ1v) is 14.9. The summed E-state index contributed by atoms with van der Waals surface area (Å²) < 4.78 is 40.8. The third kappa shape index (κ3) is 6.40. The lowest BCUT2D eigenvalue weighted by atomic mass is 9.87. The minimum absolute atomic E-state index is 0.0496. The van der Waals surface area contributed by atoms with Crippen LogP contribution in [0, 0.1) is 12.8 Å². The Kier molecular flexibility index (Phi) is 8.93. The van der Waals surface area contributed by atoms with Crippen LogP contribution in [0.2, 0.25) is 5.02 Å². The Morgan fingerprint density at radius 2 is 1.81 bits per heavy atom. The lowest BCUT2D eigenvalue weighted by molar-refractivity contribution is 0.217. The van der Waals surface area contributed by atoms with Crippen molar-refractivity contribution in [2.24, 2.45) is 5.92 Å². The van der Waals surface area contributed by atoms with Crippen LogP contribution in [0.1, 0.15) is 48.7 Å². The number of benzene rings is 2. The predicted molar refractivity (Wildman–Crippen MR) is 145 cm³/mol. The molecule has 0 radical (unpaired) electrons. The molecule has 0 N–H and O–H groups in total. The third-order valence-electron chi connectivity index (χ3n) is 6.81. The van der Waals surface area contributed by atoms with Crippen molar-refractivity contribution in [2.75, 3.05) is 13.7 Å². The molecule has 1 fully saturated rings. The van der Waals surface area contributed by atoms with E-state index in [4.69, 9.17) is 21.1 Å². The maximum absolute atomic E-state index is 13.8. The summed E-state index contributed by atoms with van der Waals surface area (Å²) in [6.07, 6.45) is 4.51. The highest BCUT2D eigenvalue weighted by atomic mass is 35.5. The van der Waals surface area contributed by atoms with Crippen LogP contribution in [0.5, 0.6) is 11.5 Å². The van der Waals surface area contributed by atoms with Gasteiger partial charge in [-0.1, -0.05) is 24.6 Å². The van der Waals surface area contributed by atoms with E-state index in [0.717, 1.165) is 43.4 Å². The number of nitrogens with zero attached hydrogens (tertiary/aromatic N) is 2. The van der Waals surface area contributed by atoms with E-state index in [1.807, 2.05) is 30.6 Å². The number of halogens is 1. The zero-order valence-corrected chi connectivity index (χ0v) is 23.3. The van der Waals surface area contributed by atoms with Gasteiger partial charge >= 0.3 is 0 Å². The van der Waals surface area contributed by atoms with E-state index < -0.39 is 10.0 Å². The van der Waals surface area contributed by atoms with Crippen LogP contribution in [0.25, 0.3) is 0 Å². The van der Waals surface area contributed by atoms with Gasteiger partial charge in [0.15, 0.2) is 11.5 Å². The van der Waals surface area contributed by atoms with E-state index in [0.29, 0.717) is 29.0 Å². The molecule has 2 aromatic carbocycles. The molecule has 0 aliphatic heterocycles. The van der Waals surface area contributed by atoms with Crippen molar-refractivity contribution in [3.05, 3.63) is 69.1 Å². The van der Waals surface area contributed by atoms with Gasteiger partial charge in [0.1, 0.15) is 0 Å². The molecule has 0 saturated heterocycles. The van der Waals surface area contributed by atoms with E-state index in [-0.39, 0.29) is 17.5 Å². The Bertz CT molecular complexity index is 1250. The van der Waals surface area contributed by atoms with E-state index in [1.165, 1.54) is 4.88 Å². The number of methoxy groups -OCH3 is 1. The Hall–Kier alpha value is -2.13. The highest BCUT2D eigenvalue weighted by Gasteiger charge is 2.34. The molecule has 36 heavy (non-hydrogen) atoms. The van der Waals surface area contributed by atoms with Gasteiger partial charge in [-0.3, -0.25) is 0 Å². The molecule has 0 spiro atoms. The second kappa shape index (κ2) is 11.9. The molecule has 194 valence electrons. The number of thiazole rings is 1. The lowest BCUT2D eigenvalue weighted by Crippen LogP contribution is -2.41. The number of sulfonamides is 1. The van der Waals surface area contributed by atoms with E-state index in [2.05, 4.69) is 11.9 Å². The number of ether oxygens (including phenoxy) is 2. The molecule has 9 heteroatoms. The molecule has 1 saturated carbocycles. The number of aromatic nitrogens is 1. The number of hydrogen-bond acceptors (Lipinski definition) is 6. The molecule has 3 aromatic rings. The highest BCUT2D eigenvalue weighted by molar-refractivity contribution is 7.89. The molecule has 0 atom stereocenters. The summed E-state index contributed by atoms with van der Waals surface area (Å²) in [5, 5.41) is 0.512. The summed E-state index contributed by atoms with van der Waals surface area (Å²) in [4.78, 5) is 5.75. The monoisotopic (exact) mass is 548 g/mol. The van der Waals surface area contributed by atoms with Gasteiger partial charge in [-0.25, -0.2) is 13.4 Å². The van der Waals surface area contributed by atoms with Crippen LogP contribution in [0.15, 0.2) is 52.9 Å². The maximum atomic E-state index is 13.8.